The highest BCUT2D eigenvalue weighted by molar-refractivity contribution is 7.13. The van der Waals surface area contributed by atoms with Gasteiger partial charge in [0.15, 0.2) is 0 Å². The Balaban J connectivity index is 1.35. The normalized spacial score (nSPS) is 14.2. The minimum absolute atomic E-state index is 0.325. The maximum atomic E-state index is 12.9. The number of nitrogens with zero attached hydrogens (tertiary/aromatic N) is 6. The molecule has 2 aromatic heterocycles. The van der Waals surface area contributed by atoms with Crippen LogP contribution in [0.1, 0.15) is 17.0 Å². The van der Waals surface area contributed by atoms with Crippen molar-refractivity contribution in [2.24, 2.45) is 4.99 Å². The van der Waals surface area contributed by atoms with Gasteiger partial charge in [0.2, 0.25) is 5.96 Å². The number of amides is 2. The predicted octanol–water partition coefficient (Wildman–Crippen LogP) is 4.64. The number of rotatable bonds is 3. The topological polar surface area (TPSA) is 98.6 Å². The molecule has 5 rings (SSSR count). The van der Waals surface area contributed by atoms with Gasteiger partial charge in [-0.2, -0.15) is 9.37 Å². The second kappa shape index (κ2) is 10.3. The predicted molar refractivity (Wildman–Crippen MR) is 145 cm³/mol. The summed E-state index contributed by atoms with van der Waals surface area (Å²) in [6.45, 7) is 8.65. The van der Waals surface area contributed by atoms with Gasteiger partial charge in [-0.15, -0.1) is 0 Å². The molecule has 36 heavy (non-hydrogen) atoms. The largest absolute Gasteiger partial charge is 0.352 e. The number of carbonyl (C=O) groups is 1. The summed E-state index contributed by atoms with van der Waals surface area (Å²) in [6.07, 6.45) is 0. The number of benzene rings is 2. The molecule has 0 saturated carbocycles. The van der Waals surface area contributed by atoms with E-state index in [9.17, 15) is 4.79 Å². The molecule has 0 atom stereocenters. The number of fused-ring (bicyclic) bond motifs is 1. The average Bonchev–Trinajstić information content (AvgIpc) is 3.29. The molecule has 0 bridgehead atoms. The van der Waals surface area contributed by atoms with Gasteiger partial charge in [0.05, 0.1) is 4.70 Å². The molecular formula is C26H28N8OS. The van der Waals surface area contributed by atoms with Crippen molar-refractivity contribution in [2.45, 2.75) is 20.8 Å². The molecule has 3 heterocycles. The Morgan fingerprint density at radius 3 is 2.36 bits per heavy atom. The fraction of sp³-hybridized carbons (Fsp3) is 0.269. The van der Waals surface area contributed by atoms with Crippen LogP contribution in [0.5, 0.6) is 0 Å². The fourth-order valence-corrected chi connectivity index (χ4v) is 4.96. The van der Waals surface area contributed by atoms with Crippen molar-refractivity contribution >= 4 is 51.1 Å². The zero-order valence-corrected chi connectivity index (χ0v) is 21.3. The van der Waals surface area contributed by atoms with Crippen LogP contribution < -0.4 is 15.5 Å². The van der Waals surface area contributed by atoms with Crippen molar-refractivity contribution in [3.8, 4) is 0 Å². The Kier molecular flexibility index (Phi) is 6.77. The van der Waals surface area contributed by atoms with E-state index in [-0.39, 0.29) is 6.03 Å². The molecule has 2 amide bonds. The molecule has 0 spiro atoms. The number of guanidine groups is 1. The molecule has 4 aromatic rings. The minimum atomic E-state index is -0.366. The maximum Gasteiger partial charge on any atom is 0.326 e. The Hall–Kier alpha value is -4.05. The first-order valence-corrected chi connectivity index (χ1v) is 12.6. The highest BCUT2D eigenvalue weighted by Gasteiger charge is 2.24. The van der Waals surface area contributed by atoms with Crippen molar-refractivity contribution < 1.29 is 4.79 Å². The molecule has 9 nitrogen and oxygen atoms in total. The Morgan fingerprint density at radius 2 is 1.64 bits per heavy atom. The summed E-state index contributed by atoms with van der Waals surface area (Å²) in [6, 6.07) is 17.5. The third kappa shape index (κ3) is 5.44. The smallest absolute Gasteiger partial charge is 0.326 e. The SMILES string of the molecule is Cc1ccc(NC(=O)N/C(=N/c2nc(C)cc(C)n2)N2CCN(c3nsc4ccccc34)CC2)cc1. The molecule has 1 aliphatic heterocycles. The van der Waals surface area contributed by atoms with Gasteiger partial charge in [0.25, 0.3) is 5.95 Å². The summed E-state index contributed by atoms with van der Waals surface area (Å²) < 4.78 is 5.88. The molecular weight excluding hydrogens is 472 g/mol. The van der Waals surface area contributed by atoms with Crippen molar-refractivity contribution in [3.63, 3.8) is 0 Å². The van der Waals surface area contributed by atoms with Gasteiger partial charge >= 0.3 is 6.03 Å². The first-order valence-electron chi connectivity index (χ1n) is 11.8. The van der Waals surface area contributed by atoms with Gasteiger partial charge in [-0.25, -0.2) is 14.8 Å². The van der Waals surface area contributed by atoms with Gasteiger partial charge in [-0.05, 0) is 62.6 Å². The minimum Gasteiger partial charge on any atom is -0.352 e. The third-order valence-electron chi connectivity index (χ3n) is 5.95. The quantitative estimate of drug-likeness (QED) is 0.314. The maximum absolute atomic E-state index is 12.9. The molecule has 10 heteroatoms. The number of piperazine rings is 1. The number of aromatic nitrogens is 3. The molecule has 1 fully saturated rings. The Labute approximate surface area is 214 Å². The van der Waals surface area contributed by atoms with E-state index >= 15 is 0 Å². The number of hydrogen-bond acceptors (Lipinski definition) is 7. The number of aliphatic imine (C=N–C) groups is 1. The van der Waals surface area contributed by atoms with E-state index in [4.69, 9.17) is 4.37 Å². The number of urea groups is 1. The van der Waals surface area contributed by atoms with E-state index in [1.165, 1.54) is 21.6 Å². The van der Waals surface area contributed by atoms with Gasteiger partial charge < -0.3 is 15.1 Å². The number of carbonyl (C=O) groups excluding carboxylic acids is 1. The summed E-state index contributed by atoms with van der Waals surface area (Å²) in [5.41, 5.74) is 3.48. The Morgan fingerprint density at radius 1 is 0.944 bits per heavy atom. The Bertz CT molecular complexity index is 1390. The first-order chi connectivity index (χ1) is 17.4. The van der Waals surface area contributed by atoms with Crippen LogP contribution in [0.3, 0.4) is 0 Å². The van der Waals surface area contributed by atoms with E-state index < -0.39 is 0 Å². The summed E-state index contributed by atoms with van der Waals surface area (Å²) in [5.74, 6) is 1.76. The van der Waals surface area contributed by atoms with Crippen molar-refractivity contribution in [2.75, 3.05) is 36.4 Å². The third-order valence-corrected chi connectivity index (χ3v) is 6.77. The van der Waals surface area contributed by atoms with Crippen LogP contribution >= 0.6 is 11.5 Å². The lowest BCUT2D eigenvalue weighted by molar-refractivity contribution is 0.254. The molecule has 0 unspecified atom stereocenters. The van der Waals surface area contributed by atoms with Crippen LogP contribution in [0.15, 0.2) is 59.6 Å². The van der Waals surface area contributed by atoms with Crippen molar-refractivity contribution in [1.82, 2.24) is 24.6 Å². The molecule has 2 N–H and O–H groups in total. The van der Waals surface area contributed by atoms with Crippen LogP contribution in [-0.4, -0.2) is 57.4 Å². The zero-order valence-electron chi connectivity index (χ0n) is 20.5. The summed E-state index contributed by atoms with van der Waals surface area (Å²) >= 11 is 1.52. The van der Waals surface area contributed by atoms with Crippen LogP contribution in [0, 0.1) is 20.8 Å². The highest BCUT2D eigenvalue weighted by atomic mass is 32.1. The number of nitrogens with one attached hydrogen (secondary N) is 2. The number of anilines is 2. The molecule has 1 saturated heterocycles. The van der Waals surface area contributed by atoms with Crippen LogP contribution in [0.25, 0.3) is 10.1 Å². The van der Waals surface area contributed by atoms with Gasteiger partial charge in [0, 0.05) is 48.6 Å². The zero-order chi connectivity index (χ0) is 25.1. The lowest BCUT2D eigenvalue weighted by Gasteiger charge is -2.36. The lowest BCUT2D eigenvalue weighted by Crippen LogP contribution is -2.54. The summed E-state index contributed by atoms with van der Waals surface area (Å²) in [4.78, 5) is 30.8. The fourth-order valence-electron chi connectivity index (χ4n) is 4.16. The van der Waals surface area contributed by atoms with Crippen LogP contribution in [-0.2, 0) is 0 Å². The molecule has 2 aromatic carbocycles. The molecule has 0 radical (unpaired) electrons. The van der Waals surface area contributed by atoms with Gasteiger partial charge in [-0.3, -0.25) is 5.32 Å². The second-order valence-electron chi connectivity index (χ2n) is 8.81. The molecule has 184 valence electrons. The van der Waals surface area contributed by atoms with E-state index in [0.29, 0.717) is 30.7 Å². The standard InChI is InChI=1S/C26H28N8OS/c1-17-8-10-20(11-9-17)29-26(35)31-25(30-24-27-18(2)16-19(3)28-24)34-14-12-33(13-15-34)23-21-6-4-5-7-22(21)36-32-23/h4-11,16H,12-15H2,1-3H3,(H2,27,28,29,30,31,35). The average molecular weight is 501 g/mol. The van der Waals surface area contributed by atoms with Crippen LogP contribution in [0.2, 0.25) is 0 Å². The number of aryl methyl sites for hydroxylation is 3. The van der Waals surface area contributed by atoms with Crippen LogP contribution in [0.4, 0.5) is 22.2 Å². The second-order valence-corrected chi connectivity index (χ2v) is 9.61. The highest BCUT2D eigenvalue weighted by Crippen LogP contribution is 2.29. The molecule has 0 aliphatic carbocycles. The summed E-state index contributed by atoms with van der Waals surface area (Å²) in [5, 5.41) is 6.98. The van der Waals surface area contributed by atoms with E-state index in [2.05, 4.69) is 47.5 Å². The first kappa shape index (κ1) is 23.7. The van der Waals surface area contributed by atoms with Crippen molar-refractivity contribution in [1.29, 1.82) is 0 Å². The van der Waals surface area contributed by atoms with Gasteiger partial charge in [0.1, 0.15) is 5.82 Å². The molecule has 1 aliphatic rings. The van der Waals surface area contributed by atoms with E-state index in [1.54, 1.807) is 0 Å². The van der Waals surface area contributed by atoms with Gasteiger partial charge in [-0.1, -0.05) is 29.8 Å². The summed E-state index contributed by atoms with van der Waals surface area (Å²) in [7, 11) is 0. The van der Waals surface area contributed by atoms with E-state index in [0.717, 1.165) is 35.9 Å². The number of hydrogen-bond donors (Lipinski definition) is 2. The van der Waals surface area contributed by atoms with Crippen molar-refractivity contribution in [3.05, 3.63) is 71.5 Å². The monoisotopic (exact) mass is 500 g/mol. The van der Waals surface area contributed by atoms with E-state index in [1.807, 2.05) is 63.2 Å². The lowest BCUT2D eigenvalue weighted by atomic mass is 10.2.